The molecule has 0 radical (unpaired) electrons. The first-order valence-electron chi connectivity index (χ1n) is 8.16. The van der Waals surface area contributed by atoms with Gasteiger partial charge in [0.1, 0.15) is 11.6 Å². The van der Waals surface area contributed by atoms with Crippen molar-refractivity contribution in [1.82, 2.24) is 0 Å². The van der Waals surface area contributed by atoms with Gasteiger partial charge in [0.2, 0.25) is 0 Å². The smallest absolute Gasteiger partial charge is 0.346 e. The van der Waals surface area contributed by atoms with Crippen molar-refractivity contribution in [3.05, 3.63) is 95.6 Å². The van der Waals surface area contributed by atoms with Crippen LogP contribution >= 0.6 is 0 Å². The second-order valence-electron chi connectivity index (χ2n) is 6.02. The van der Waals surface area contributed by atoms with E-state index in [9.17, 15) is 18.4 Å². The van der Waals surface area contributed by atoms with E-state index in [1.807, 2.05) is 0 Å². The Kier molecular flexibility index (Phi) is 4.12. The number of hydrogen-bond donors (Lipinski definition) is 0. The Balaban J connectivity index is 1.69. The summed E-state index contributed by atoms with van der Waals surface area (Å²) in [4.78, 5) is 25.0. The van der Waals surface area contributed by atoms with Crippen LogP contribution < -0.4 is 0 Å². The Bertz CT molecular complexity index is 1120. The predicted molar refractivity (Wildman–Crippen MR) is 97.6 cm³/mol. The maximum absolute atomic E-state index is 13.4. The fourth-order valence-electron chi connectivity index (χ4n) is 3.06. The van der Waals surface area contributed by atoms with Gasteiger partial charge in [-0.05, 0) is 57.9 Å². The van der Waals surface area contributed by atoms with Crippen molar-refractivity contribution in [2.45, 2.75) is 0 Å². The molecule has 0 aliphatic rings. The van der Waals surface area contributed by atoms with E-state index in [4.69, 9.17) is 4.74 Å². The van der Waals surface area contributed by atoms with Crippen LogP contribution in [0, 0.1) is 11.6 Å². The molecule has 0 spiro atoms. The van der Waals surface area contributed by atoms with E-state index in [1.54, 1.807) is 24.3 Å². The van der Waals surface area contributed by atoms with E-state index in [2.05, 4.69) is 0 Å². The minimum absolute atomic E-state index is 0.159. The van der Waals surface area contributed by atoms with Gasteiger partial charge < -0.3 is 4.74 Å². The summed E-state index contributed by atoms with van der Waals surface area (Å²) in [6, 6.07) is 17.5. The van der Waals surface area contributed by atoms with E-state index >= 15 is 0 Å². The van der Waals surface area contributed by atoms with Crippen LogP contribution in [0.2, 0.25) is 0 Å². The van der Waals surface area contributed by atoms with Crippen LogP contribution in [0.1, 0.15) is 20.7 Å². The van der Waals surface area contributed by atoms with E-state index < -0.39 is 23.6 Å². The summed E-state index contributed by atoms with van der Waals surface area (Å²) in [5.41, 5.74) is 0.319. The molecule has 0 fully saturated rings. The zero-order chi connectivity index (χ0) is 19.0. The molecule has 5 heteroatoms. The van der Waals surface area contributed by atoms with Crippen molar-refractivity contribution >= 4 is 33.5 Å². The maximum atomic E-state index is 13.4. The summed E-state index contributed by atoms with van der Waals surface area (Å²) in [6.45, 7) is 0. The van der Waals surface area contributed by atoms with E-state index in [0.29, 0.717) is 21.5 Å². The minimum Gasteiger partial charge on any atom is -0.386 e. The Morgan fingerprint density at radius 1 is 0.630 bits per heavy atom. The molecule has 0 N–H and O–H groups in total. The third-order valence-electron chi connectivity index (χ3n) is 4.31. The Labute approximate surface area is 152 Å². The van der Waals surface area contributed by atoms with Gasteiger partial charge in [-0.15, -0.1) is 0 Å². The summed E-state index contributed by atoms with van der Waals surface area (Å²) < 4.78 is 31.8. The summed E-state index contributed by atoms with van der Waals surface area (Å²) in [7, 11) is 0. The van der Waals surface area contributed by atoms with Crippen LogP contribution in [0.3, 0.4) is 0 Å². The zero-order valence-corrected chi connectivity index (χ0v) is 13.9. The molecule has 0 saturated heterocycles. The normalized spacial score (nSPS) is 10.9. The number of esters is 2. The van der Waals surface area contributed by atoms with Crippen molar-refractivity contribution < 1.29 is 23.1 Å². The van der Waals surface area contributed by atoms with Gasteiger partial charge in [-0.1, -0.05) is 36.4 Å². The lowest BCUT2D eigenvalue weighted by Crippen LogP contribution is -2.13. The summed E-state index contributed by atoms with van der Waals surface area (Å²) in [5, 5.41) is 2.02. The molecule has 3 nitrogen and oxygen atoms in total. The lowest BCUT2D eigenvalue weighted by molar-refractivity contribution is 0.0400. The van der Waals surface area contributed by atoms with Crippen LogP contribution in [0.5, 0.6) is 0 Å². The molecule has 4 aromatic carbocycles. The first kappa shape index (κ1) is 16.8. The highest BCUT2D eigenvalue weighted by molar-refractivity contribution is 6.12. The Morgan fingerprint density at radius 2 is 1.07 bits per heavy atom. The first-order valence-corrected chi connectivity index (χ1v) is 8.16. The molecule has 0 heterocycles. The van der Waals surface area contributed by atoms with Crippen LogP contribution in [0.15, 0.2) is 72.8 Å². The van der Waals surface area contributed by atoms with Gasteiger partial charge >= 0.3 is 11.9 Å². The Morgan fingerprint density at radius 3 is 1.52 bits per heavy atom. The molecule has 4 aromatic rings. The quantitative estimate of drug-likeness (QED) is 0.360. The second kappa shape index (κ2) is 6.61. The molecule has 0 atom stereocenters. The van der Waals surface area contributed by atoms with Gasteiger partial charge in [0, 0.05) is 0 Å². The number of fused-ring (bicyclic) bond motifs is 2. The highest BCUT2D eigenvalue weighted by atomic mass is 19.1. The summed E-state index contributed by atoms with van der Waals surface area (Å²) >= 11 is 0. The van der Waals surface area contributed by atoms with Crippen molar-refractivity contribution in [3.8, 4) is 0 Å². The summed E-state index contributed by atoms with van der Waals surface area (Å²) in [6.07, 6.45) is 0. The number of rotatable bonds is 2. The molecule has 0 unspecified atom stereocenters. The third kappa shape index (κ3) is 3.15. The molecule has 4 rings (SSSR count). The van der Waals surface area contributed by atoms with Crippen molar-refractivity contribution in [1.29, 1.82) is 0 Å². The monoisotopic (exact) mass is 362 g/mol. The minimum atomic E-state index is -0.837. The fraction of sp³-hybridized carbons (Fsp3) is 0. The Hall–Kier alpha value is -3.60. The predicted octanol–water partition coefficient (Wildman–Crippen LogP) is 5.27. The molecule has 0 aliphatic heterocycles. The molecule has 0 aliphatic carbocycles. The molecule has 0 saturated carbocycles. The lowest BCUT2D eigenvalue weighted by Gasteiger charge is -2.08. The molecular weight excluding hydrogens is 350 g/mol. The number of hydrogen-bond acceptors (Lipinski definition) is 3. The van der Waals surface area contributed by atoms with Crippen LogP contribution in [-0.4, -0.2) is 11.9 Å². The van der Waals surface area contributed by atoms with Crippen LogP contribution in [-0.2, 0) is 4.74 Å². The number of carbonyl (C=O) groups is 2. The number of benzene rings is 4. The SMILES string of the molecule is O=C(OC(=O)c1cccc2cc(F)ccc12)c1cccc2cc(F)ccc12. The van der Waals surface area contributed by atoms with Crippen molar-refractivity contribution in [3.63, 3.8) is 0 Å². The average Bonchev–Trinajstić information content (AvgIpc) is 2.66. The number of ether oxygens (including phenoxy) is 1. The third-order valence-corrected chi connectivity index (χ3v) is 4.31. The lowest BCUT2D eigenvalue weighted by atomic mass is 10.0. The topological polar surface area (TPSA) is 43.4 Å². The molecule has 0 amide bonds. The first-order chi connectivity index (χ1) is 13.0. The van der Waals surface area contributed by atoms with Gasteiger partial charge in [0.15, 0.2) is 0 Å². The highest BCUT2D eigenvalue weighted by Crippen LogP contribution is 2.23. The van der Waals surface area contributed by atoms with E-state index in [-0.39, 0.29) is 11.1 Å². The van der Waals surface area contributed by atoms with Crippen molar-refractivity contribution in [2.24, 2.45) is 0 Å². The zero-order valence-electron chi connectivity index (χ0n) is 13.9. The van der Waals surface area contributed by atoms with E-state index in [0.717, 1.165) is 0 Å². The molecule has 27 heavy (non-hydrogen) atoms. The summed E-state index contributed by atoms with van der Waals surface area (Å²) in [5.74, 6) is -2.52. The van der Waals surface area contributed by atoms with Gasteiger partial charge in [-0.3, -0.25) is 0 Å². The van der Waals surface area contributed by atoms with Gasteiger partial charge in [0.25, 0.3) is 0 Å². The van der Waals surface area contributed by atoms with E-state index in [1.165, 1.54) is 48.5 Å². The molecular formula is C22H12F2O3. The molecule has 132 valence electrons. The number of halogens is 2. The maximum Gasteiger partial charge on any atom is 0.346 e. The largest absolute Gasteiger partial charge is 0.386 e. The van der Waals surface area contributed by atoms with Crippen LogP contribution in [0.25, 0.3) is 21.5 Å². The van der Waals surface area contributed by atoms with Gasteiger partial charge in [-0.2, -0.15) is 0 Å². The van der Waals surface area contributed by atoms with Crippen molar-refractivity contribution in [2.75, 3.05) is 0 Å². The van der Waals surface area contributed by atoms with Gasteiger partial charge in [-0.25, -0.2) is 18.4 Å². The standard InChI is InChI=1S/C22H12F2O3/c23-15-7-9-17-13(11-15)3-1-5-19(17)21(25)27-22(26)20-6-2-4-14-12-16(24)8-10-18(14)20/h1-12H. The van der Waals surface area contributed by atoms with Crippen LogP contribution in [0.4, 0.5) is 8.78 Å². The second-order valence-corrected chi connectivity index (χ2v) is 6.02. The molecule has 0 bridgehead atoms. The number of carbonyl (C=O) groups excluding carboxylic acids is 2. The molecule has 0 aromatic heterocycles. The average molecular weight is 362 g/mol. The fourth-order valence-corrected chi connectivity index (χ4v) is 3.06. The van der Waals surface area contributed by atoms with Gasteiger partial charge in [0.05, 0.1) is 11.1 Å². The highest BCUT2D eigenvalue weighted by Gasteiger charge is 2.19.